The van der Waals surface area contributed by atoms with Crippen molar-refractivity contribution >= 4 is 98.4 Å². The lowest BCUT2D eigenvalue weighted by atomic mass is 10.0. The van der Waals surface area contributed by atoms with Crippen LogP contribution in [-0.2, 0) is 6.42 Å². The molecule has 11 aromatic rings. The number of nitrogens with zero attached hydrogens (tertiary/aromatic N) is 5. The van der Waals surface area contributed by atoms with E-state index in [1.54, 1.807) is 12.1 Å². The van der Waals surface area contributed by atoms with E-state index in [9.17, 15) is 10.1 Å². The molecule has 6 aromatic heterocycles. The van der Waals surface area contributed by atoms with Gasteiger partial charge in [0.05, 0.1) is 72.6 Å². The van der Waals surface area contributed by atoms with Crippen LogP contribution in [0.25, 0.3) is 148 Å². The minimum absolute atomic E-state index is 0.00512. The van der Waals surface area contributed by atoms with Gasteiger partial charge in [0.15, 0.2) is 0 Å². The SMILES string of the molecule is CCCCc1c2nc(c(-c3ccccc3)c3ccc([nH]3)c(C#Cc3c4nc(c(-c5ccccc5)c5ccc([nH]5)c(-c5ccc([N+](=O)[O-])cc5)c5nc(c(-c6ccccc6)c6ccc3[nH]6)C=C5)C=C4)c3nc(c(-c4ccccc4)c4ccc1[nH]4)C=C3)C=C2. The Morgan fingerprint density at radius 3 is 1.00 bits per heavy atom. The third-order valence-electron chi connectivity index (χ3n) is 16.3. The van der Waals surface area contributed by atoms with Crippen LogP contribution in [0.2, 0.25) is 0 Å². The lowest BCUT2D eigenvalue weighted by molar-refractivity contribution is -0.384. The van der Waals surface area contributed by atoms with E-state index < -0.39 is 0 Å². The summed E-state index contributed by atoms with van der Waals surface area (Å²) in [5.41, 5.74) is 24.8. The minimum atomic E-state index is -0.381. The lowest BCUT2D eigenvalue weighted by Crippen LogP contribution is -1.92. The van der Waals surface area contributed by atoms with E-state index in [4.69, 9.17) is 19.9 Å². The van der Waals surface area contributed by atoms with Crippen LogP contribution < -0.4 is 0 Å². The first kappa shape index (κ1) is 52.1. The molecule has 0 saturated carbocycles. The smallest absolute Gasteiger partial charge is 0.269 e. The summed E-state index contributed by atoms with van der Waals surface area (Å²) in [6.45, 7) is 2.23. The molecule has 11 nitrogen and oxygen atoms in total. The van der Waals surface area contributed by atoms with Gasteiger partial charge >= 0.3 is 0 Å². The van der Waals surface area contributed by atoms with Gasteiger partial charge in [0.1, 0.15) is 0 Å². The summed E-state index contributed by atoms with van der Waals surface area (Å²) >= 11 is 0. The quantitative estimate of drug-likeness (QED) is 0.0640. The van der Waals surface area contributed by atoms with Gasteiger partial charge in [-0.1, -0.05) is 147 Å². The Morgan fingerprint density at radius 1 is 0.345 bits per heavy atom. The largest absolute Gasteiger partial charge is 0.355 e. The number of aromatic nitrogens is 8. The van der Waals surface area contributed by atoms with Crippen LogP contribution in [-0.4, -0.2) is 44.8 Å². The predicted molar refractivity (Wildman–Crippen MR) is 356 cm³/mol. The molecule has 0 saturated heterocycles. The number of unbranched alkanes of at least 4 members (excludes halogenated alkanes) is 1. The molecule has 0 amide bonds. The first-order valence-corrected chi connectivity index (χ1v) is 29.2. The molecule has 15 rings (SSSR count). The van der Waals surface area contributed by atoms with Crippen molar-refractivity contribution in [1.29, 1.82) is 0 Å². The Morgan fingerprint density at radius 2 is 0.632 bits per heavy atom. The number of H-pyrrole nitrogens is 4. The van der Waals surface area contributed by atoms with Crippen LogP contribution in [0.4, 0.5) is 5.69 Å². The molecule has 0 spiro atoms. The highest BCUT2D eigenvalue weighted by Crippen LogP contribution is 2.39. The Hall–Kier alpha value is -11.7. The average Bonchev–Trinajstić information content (AvgIpc) is 2.23. The van der Waals surface area contributed by atoms with Crippen molar-refractivity contribution in [3.63, 3.8) is 0 Å². The summed E-state index contributed by atoms with van der Waals surface area (Å²) < 4.78 is 0. The zero-order chi connectivity index (χ0) is 58.4. The third kappa shape index (κ3) is 9.77. The summed E-state index contributed by atoms with van der Waals surface area (Å²) in [5.74, 6) is 7.49. The van der Waals surface area contributed by atoms with Gasteiger partial charge in [0.2, 0.25) is 0 Å². The second kappa shape index (κ2) is 22.1. The Labute approximate surface area is 500 Å². The second-order valence-corrected chi connectivity index (χ2v) is 21.7. The summed E-state index contributed by atoms with van der Waals surface area (Å²) in [5, 5.41) is 11.9. The van der Waals surface area contributed by atoms with E-state index in [1.165, 1.54) is 17.7 Å². The van der Waals surface area contributed by atoms with Crippen LogP contribution in [0.1, 0.15) is 82.0 Å². The number of hydrogen-bond donors (Lipinski definition) is 4. The summed E-state index contributed by atoms with van der Waals surface area (Å²) in [6.07, 6.45) is 19.6. The highest BCUT2D eigenvalue weighted by Gasteiger charge is 2.21. The van der Waals surface area contributed by atoms with Crippen LogP contribution in [0, 0.1) is 22.0 Å². The molecule has 0 radical (unpaired) electrons. The van der Waals surface area contributed by atoms with E-state index in [2.05, 4.69) is 184 Å². The number of fused-ring (bicyclic) bond motifs is 16. The first-order valence-electron chi connectivity index (χ1n) is 29.2. The highest BCUT2D eigenvalue weighted by molar-refractivity contribution is 6.00. The van der Waals surface area contributed by atoms with Gasteiger partial charge < -0.3 is 19.9 Å². The molecule has 16 bridgehead atoms. The number of rotatable bonds is 9. The van der Waals surface area contributed by atoms with Gasteiger partial charge in [-0.25, -0.2) is 19.9 Å². The molecular formula is C76H53N9O2. The molecule has 5 aromatic carbocycles. The fraction of sp³-hybridized carbons (Fsp3) is 0.0526. The standard InChI is InChI=1S/C76H53N9O2/c1-2-3-24-53-56-31-37-62(77-56)72(47-16-8-4-9-17-47)64-39-33-58(79-64)54(59-34-40-65(80-59)73(48-18-10-5-11-19-48)63-38-32-57(53)78-63)29-30-55-60-35-41-66(81-60)74(49-20-12-6-13-21-49)68-43-45-70(83-68)76(51-25-27-52(28-26-51)85(86)87)71-46-44-69(84-71)75(50-22-14-7-15-23-50)67-42-36-61(55)82-67/h4-23,25-28,31-46,77,80-81,84H,2-3,24H2,1H3. The van der Waals surface area contributed by atoms with Crippen molar-refractivity contribution in [2.45, 2.75) is 26.2 Å². The number of hydrogen-bond acceptors (Lipinski definition) is 6. The zero-order valence-electron chi connectivity index (χ0n) is 47.3. The molecule has 0 unspecified atom stereocenters. The number of nitrogens with one attached hydrogen (secondary N) is 4. The number of non-ortho nitro benzene ring substituents is 1. The maximum atomic E-state index is 11.9. The van der Waals surface area contributed by atoms with E-state index in [0.29, 0.717) is 28.2 Å². The van der Waals surface area contributed by atoms with Gasteiger partial charge in [-0.2, -0.15) is 0 Å². The normalized spacial score (nSPS) is 12.1. The van der Waals surface area contributed by atoms with Crippen LogP contribution >= 0.6 is 0 Å². The maximum absolute atomic E-state index is 11.9. The molecule has 0 atom stereocenters. The van der Waals surface area contributed by atoms with E-state index in [1.807, 2.05) is 72.8 Å². The fourth-order valence-electron chi connectivity index (χ4n) is 12.2. The summed E-state index contributed by atoms with van der Waals surface area (Å²) in [4.78, 5) is 48.7. The predicted octanol–water partition coefficient (Wildman–Crippen LogP) is 18.6. The molecule has 4 aliphatic rings. The molecule has 10 heterocycles. The van der Waals surface area contributed by atoms with Crippen molar-refractivity contribution < 1.29 is 4.92 Å². The van der Waals surface area contributed by atoms with Crippen molar-refractivity contribution in [2.75, 3.05) is 0 Å². The summed E-state index contributed by atoms with van der Waals surface area (Å²) in [6, 6.07) is 64.8. The Bertz CT molecular complexity index is 5070. The Balaban J connectivity index is 1.04. The van der Waals surface area contributed by atoms with E-state index >= 15 is 0 Å². The van der Waals surface area contributed by atoms with Crippen molar-refractivity contribution in [3.8, 4) is 67.5 Å². The van der Waals surface area contributed by atoms with E-state index in [-0.39, 0.29) is 10.6 Å². The molecule has 0 fully saturated rings. The molecule has 4 N–H and O–H groups in total. The fourth-order valence-corrected chi connectivity index (χ4v) is 12.2. The van der Waals surface area contributed by atoms with Gasteiger partial charge in [-0.15, -0.1) is 0 Å². The number of benzene rings is 5. The zero-order valence-corrected chi connectivity index (χ0v) is 47.3. The van der Waals surface area contributed by atoms with Crippen LogP contribution in [0.3, 0.4) is 0 Å². The number of nitro groups is 1. The number of aromatic amines is 4. The molecule has 11 heteroatoms. The molecule has 87 heavy (non-hydrogen) atoms. The minimum Gasteiger partial charge on any atom is -0.355 e. The second-order valence-electron chi connectivity index (χ2n) is 21.7. The molecule has 414 valence electrons. The van der Waals surface area contributed by atoms with Crippen molar-refractivity contribution in [2.24, 2.45) is 0 Å². The van der Waals surface area contributed by atoms with Crippen molar-refractivity contribution in [3.05, 3.63) is 266 Å². The molecule has 0 aliphatic carbocycles. The van der Waals surface area contributed by atoms with Crippen LogP contribution in [0.5, 0.6) is 0 Å². The van der Waals surface area contributed by atoms with E-state index in [0.717, 1.165) is 148 Å². The third-order valence-corrected chi connectivity index (χ3v) is 16.3. The van der Waals surface area contributed by atoms with Gasteiger partial charge in [0.25, 0.3) is 5.69 Å². The lowest BCUT2D eigenvalue weighted by Gasteiger charge is -2.06. The van der Waals surface area contributed by atoms with Gasteiger partial charge in [-0.05, 0) is 150 Å². The highest BCUT2D eigenvalue weighted by atomic mass is 16.6. The maximum Gasteiger partial charge on any atom is 0.269 e. The van der Waals surface area contributed by atoms with Crippen LogP contribution in [0.15, 0.2) is 194 Å². The summed E-state index contributed by atoms with van der Waals surface area (Å²) in [7, 11) is 0. The van der Waals surface area contributed by atoms with Gasteiger partial charge in [-0.3, -0.25) is 10.1 Å². The number of aryl methyl sites for hydroxylation is 1. The molecule has 4 aliphatic heterocycles. The topological polar surface area (TPSA) is 158 Å². The molecular weight excluding hydrogens is 1070 g/mol. The average molecular weight is 1120 g/mol. The Kier molecular flexibility index (Phi) is 13.2. The number of nitro benzene ring substituents is 1. The van der Waals surface area contributed by atoms with Gasteiger partial charge in [0, 0.05) is 78.6 Å². The van der Waals surface area contributed by atoms with Crippen molar-refractivity contribution in [1.82, 2.24) is 39.9 Å². The monoisotopic (exact) mass is 1120 g/mol. The first-order chi connectivity index (χ1) is 42.9.